The van der Waals surface area contributed by atoms with Crippen LogP contribution in [0.2, 0.25) is 0 Å². The van der Waals surface area contributed by atoms with E-state index in [2.05, 4.69) is 16.8 Å². The van der Waals surface area contributed by atoms with Crippen molar-refractivity contribution in [1.82, 2.24) is 25.0 Å². The largest absolute Gasteiger partial charge is 0.491 e. The molecule has 3 atom stereocenters. The van der Waals surface area contributed by atoms with Gasteiger partial charge in [-0.2, -0.15) is 0 Å². The number of piperidine rings is 1. The minimum absolute atomic E-state index is 0.0136. The third kappa shape index (κ3) is 14.4. The first kappa shape index (κ1) is 51.6. The van der Waals surface area contributed by atoms with Crippen LogP contribution in [0.5, 0.6) is 5.75 Å². The Labute approximate surface area is 411 Å². The number of carbonyl (C=O) groups excluding carboxylic acids is 4. The van der Waals surface area contributed by atoms with E-state index < -0.39 is 23.8 Å². The summed E-state index contributed by atoms with van der Waals surface area (Å²) in [5, 5.41) is 8.02. The molecule has 0 radical (unpaired) electrons. The topological polar surface area (TPSA) is 158 Å². The summed E-state index contributed by atoms with van der Waals surface area (Å²) in [4.78, 5) is 63.7. The zero-order valence-electron chi connectivity index (χ0n) is 41.0. The van der Waals surface area contributed by atoms with Crippen molar-refractivity contribution in [3.05, 3.63) is 82.7 Å². The second-order valence-corrected chi connectivity index (χ2v) is 20.1. The van der Waals surface area contributed by atoms with Gasteiger partial charge in [0.05, 0.1) is 50.9 Å². The molecule has 3 aliphatic rings. The number of likely N-dealkylation sites (tertiary alicyclic amines) is 2. The average Bonchev–Trinajstić information content (AvgIpc) is 4.06. The number of aromatic nitrogens is 1. The molecule has 2 saturated heterocycles. The van der Waals surface area contributed by atoms with E-state index in [4.69, 9.17) is 33.4 Å². The highest BCUT2D eigenvalue weighted by molar-refractivity contribution is 7.10. The van der Waals surface area contributed by atoms with Gasteiger partial charge in [0.15, 0.2) is 0 Å². The fraction of sp³-hybridized carbons (Fsp3) is 0.566. The smallest absolute Gasteiger partial charge is 0.410 e. The molecule has 1 aliphatic carbocycles. The van der Waals surface area contributed by atoms with E-state index in [9.17, 15) is 19.2 Å². The van der Waals surface area contributed by atoms with Gasteiger partial charge < -0.3 is 43.5 Å². The molecule has 0 unspecified atom stereocenters. The summed E-state index contributed by atoms with van der Waals surface area (Å²) in [5.74, 6) is 0.313. The van der Waals surface area contributed by atoms with Gasteiger partial charge in [-0.15, -0.1) is 11.3 Å². The molecule has 3 heterocycles. The first-order valence-electron chi connectivity index (χ1n) is 24.8. The van der Waals surface area contributed by atoms with Gasteiger partial charge in [0.25, 0.3) is 0 Å². The van der Waals surface area contributed by atoms with Crippen LogP contribution < -0.4 is 10.1 Å². The number of thiazole rings is 1. The van der Waals surface area contributed by atoms with Gasteiger partial charge in [-0.1, -0.05) is 73.9 Å². The van der Waals surface area contributed by atoms with Gasteiger partial charge in [-0.3, -0.25) is 14.5 Å². The Balaban J connectivity index is 0.853. The first-order valence-corrected chi connectivity index (χ1v) is 25.6. The van der Waals surface area contributed by atoms with E-state index in [1.807, 2.05) is 65.6 Å². The van der Waals surface area contributed by atoms with E-state index in [1.165, 1.54) is 4.90 Å². The molecule has 0 spiro atoms. The van der Waals surface area contributed by atoms with Crippen LogP contribution in [-0.2, 0) is 39.9 Å². The zero-order chi connectivity index (χ0) is 48.8. The minimum atomic E-state index is -0.827. The summed E-state index contributed by atoms with van der Waals surface area (Å²) in [5.41, 5.74) is 2.09. The maximum Gasteiger partial charge on any atom is 0.410 e. The fourth-order valence-corrected chi connectivity index (χ4v) is 10.2. The zero-order valence-corrected chi connectivity index (χ0v) is 41.8. The second kappa shape index (κ2) is 25.0. The lowest BCUT2D eigenvalue weighted by atomic mass is 9.83. The van der Waals surface area contributed by atoms with E-state index in [0.29, 0.717) is 59.3 Å². The van der Waals surface area contributed by atoms with Crippen molar-refractivity contribution in [3.63, 3.8) is 0 Å². The van der Waals surface area contributed by atoms with Gasteiger partial charge in [-0.05, 0) is 95.2 Å². The van der Waals surface area contributed by atoms with Crippen molar-refractivity contribution in [2.24, 2.45) is 5.92 Å². The highest BCUT2D eigenvalue weighted by Gasteiger charge is 2.41. The van der Waals surface area contributed by atoms with Crippen LogP contribution in [0.3, 0.4) is 0 Å². The minimum Gasteiger partial charge on any atom is -0.491 e. The Hall–Kier alpha value is -5.29. The molecule has 15 nitrogen and oxygen atoms in total. The summed E-state index contributed by atoms with van der Waals surface area (Å²) in [6.45, 7) is 11.7. The van der Waals surface area contributed by atoms with Gasteiger partial charge >= 0.3 is 12.2 Å². The number of ether oxygens (including phenoxy) is 6. The van der Waals surface area contributed by atoms with Gasteiger partial charge in [0.2, 0.25) is 11.8 Å². The monoisotopic (exact) mass is 969 g/mol. The molecule has 4 amide bonds. The predicted octanol–water partition coefficient (Wildman–Crippen LogP) is 9.18. The Bertz CT molecular complexity index is 2290. The highest BCUT2D eigenvalue weighted by atomic mass is 32.1. The molecule has 3 fully saturated rings. The Morgan fingerprint density at radius 2 is 1.48 bits per heavy atom. The second-order valence-electron chi connectivity index (χ2n) is 19.2. The average molecular weight is 970 g/mol. The standard InChI is InChI=1S/C53H71N5O10S/c1-37(56(5)51(61)68-53(2,3)4)48(59)55-47(39-17-10-7-11-18-39)50(60)58-26-14-21-45(58)49-54-44(36-69-49)42-22-23-46(43-20-13-12-19-41(42)43)66-34-32-64-30-29-63-31-33-65-40-24-27-57(28-25-40)52(62)67-35-38-15-8-6-9-16-38/h6,8-9,12-13,15-16,19-20,22-23,36-37,39-40,45,47H,7,10-11,14,17-18,21,24-35H2,1-5H3,(H,55,59)/t37-,45-,47-/m0/s1. The molecular formula is C53H71N5O10S. The SMILES string of the molecule is C[C@@H](C(=O)N[C@H](C(=O)N1CCC[C@H]1c1nc(-c2ccc(OCCOCCOCCOC3CCN(C(=O)OCc4ccccc4)CC3)c3ccccc23)cs1)C1CCCCC1)N(C)C(=O)OC(C)(C)C. The molecule has 1 saturated carbocycles. The summed E-state index contributed by atoms with van der Waals surface area (Å²) < 4.78 is 34.8. The molecule has 2 aliphatic heterocycles. The highest BCUT2D eigenvalue weighted by Crippen LogP contribution is 2.40. The Morgan fingerprint density at radius 3 is 2.20 bits per heavy atom. The third-order valence-corrected chi connectivity index (χ3v) is 14.1. The van der Waals surface area contributed by atoms with Crippen molar-refractivity contribution in [2.75, 3.05) is 66.3 Å². The van der Waals surface area contributed by atoms with E-state index in [-0.39, 0.29) is 42.6 Å². The third-order valence-electron chi connectivity index (χ3n) is 13.2. The molecular weight excluding hydrogens is 899 g/mol. The van der Waals surface area contributed by atoms with E-state index >= 15 is 0 Å². The number of likely N-dealkylation sites (N-methyl/N-ethyl adjacent to an activating group) is 1. The number of hydrogen-bond donors (Lipinski definition) is 1. The normalized spacial score (nSPS) is 17.9. The molecule has 4 aromatic rings. The lowest BCUT2D eigenvalue weighted by molar-refractivity contribution is -0.140. The predicted molar refractivity (Wildman–Crippen MR) is 265 cm³/mol. The number of benzene rings is 3. The first-order chi connectivity index (χ1) is 33.4. The van der Waals surface area contributed by atoms with Crippen LogP contribution in [-0.4, -0.2) is 134 Å². The Kier molecular flexibility index (Phi) is 18.7. The van der Waals surface area contributed by atoms with Crippen molar-refractivity contribution >= 4 is 46.1 Å². The lowest BCUT2D eigenvalue weighted by Crippen LogP contribution is -2.56. The number of nitrogens with zero attached hydrogens (tertiary/aromatic N) is 4. The van der Waals surface area contributed by atoms with Crippen LogP contribution in [0, 0.1) is 5.92 Å². The van der Waals surface area contributed by atoms with Crippen molar-refractivity contribution in [3.8, 4) is 17.0 Å². The van der Waals surface area contributed by atoms with Crippen LogP contribution in [0.4, 0.5) is 9.59 Å². The van der Waals surface area contributed by atoms with Gasteiger partial charge in [-0.25, -0.2) is 14.6 Å². The molecule has 1 N–H and O–H groups in total. The lowest BCUT2D eigenvalue weighted by Gasteiger charge is -2.36. The summed E-state index contributed by atoms with van der Waals surface area (Å²) in [7, 11) is 1.55. The maximum absolute atomic E-state index is 14.6. The molecule has 3 aromatic carbocycles. The number of hydrogen-bond acceptors (Lipinski definition) is 12. The van der Waals surface area contributed by atoms with Crippen molar-refractivity contribution < 1.29 is 47.6 Å². The molecule has 374 valence electrons. The van der Waals surface area contributed by atoms with Crippen molar-refractivity contribution in [1.29, 1.82) is 0 Å². The number of fused-ring (bicyclic) bond motifs is 1. The number of rotatable bonds is 20. The summed E-state index contributed by atoms with van der Waals surface area (Å²) in [6, 6.07) is 20.1. The molecule has 7 rings (SSSR count). The van der Waals surface area contributed by atoms with Crippen molar-refractivity contribution in [2.45, 2.75) is 122 Å². The Morgan fingerprint density at radius 1 is 0.797 bits per heavy atom. The van der Waals surface area contributed by atoms with Crippen LogP contribution >= 0.6 is 11.3 Å². The number of nitrogens with one attached hydrogen (secondary N) is 1. The van der Waals surface area contributed by atoms with Gasteiger partial charge in [0, 0.05) is 43.0 Å². The summed E-state index contributed by atoms with van der Waals surface area (Å²) >= 11 is 1.56. The fourth-order valence-electron chi connectivity index (χ4n) is 9.26. The summed E-state index contributed by atoms with van der Waals surface area (Å²) in [6.07, 6.45) is 7.24. The van der Waals surface area contributed by atoms with Gasteiger partial charge in [0.1, 0.15) is 41.7 Å². The molecule has 16 heteroatoms. The van der Waals surface area contributed by atoms with E-state index in [0.717, 1.165) is 96.1 Å². The number of amides is 4. The maximum atomic E-state index is 14.6. The molecule has 69 heavy (non-hydrogen) atoms. The molecule has 0 bridgehead atoms. The van der Waals surface area contributed by atoms with Crippen LogP contribution in [0.15, 0.2) is 72.1 Å². The number of carbonyl (C=O) groups is 4. The quantitative estimate of drug-likeness (QED) is 0.0842. The van der Waals surface area contributed by atoms with Crippen LogP contribution in [0.1, 0.15) is 102 Å². The molecule has 1 aromatic heterocycles. The van der Waals surface area contributed by atoms with E-state index in [1.54, 1.807) is 51.0 Å². The van der Waals surface area contributed by atoms with Crippen LogP contribution in [0.25, 0.3) is 22.0 Å².